The van der Waals surface area contributed by atoms with Gasteiger partial charge in [-0.05, 0) is 39.0 Å². The average Bonchev–Trinajstić information content (AvgIpc) is 2.82. The Labute approximate surface area is 121 Å². The molecule has 1 fully saturated rings. The number of aromatic nitrogens is 2. The van der Waals surface area contributed by atoms with Crippen molar-refractivity contribution < 1.29 is 5.11 Å². The van der Waals surface area contributed by atoms with Crippen LogP contribution in [0.1, 0.15) is 51.7 Å². The lowest BCUT2D eigenvalue weighted by Gasteiger charge is -2.32. The monoisotopic (exact) mass is 277 g/mol. The van der Waals surface area contributed by atoms with Crippen molar-refractivity contribution in [3.05, 3.63) is 29.1 Å². The van der Waals surface area contributed by atoms with E-state index in [4.69, 9.17) is 0 Å². The van der Waals surface area contributed by atoms with Crippen LogP contribution in [0, 0.1) is 5.92 Å². The van der Waals surface area contributed by atoms with E-state index in [-0.39, 0.29) is 0 Å². The third-order valence-corrected chi connectivity index (χ3v) is 4.27. The van der Waals surface area contributed by atoms with Gasteiger partial charge in [-0.1, -0.05) is 18.1 Å². The molecular weight excluding hydrogens is 250 g/mol. The van der Waals surface area contributed by atoms with E-state index >= 15 is 0 Å². The highest BCUT2D eigenvalue weighted by Gasteiger charge is 2.24. The number of aliphatic hydroxyl groups is 1. The minimum atomic E-state index is -0.487. The molecule has 0 amide bonds. The van der Waals surface area contributed by atoms with Crippen LogP contribution in [-0.2, 0) is 7.05 Å². The molecule has 1 saturated carbocycles. The van der Waals surface area contributed by atoms with Gasteiger partial charge in [-0.3, -0.25) is 4.68 Å². The summed E-state index contributed by atoms with van der Waals surface area (Å²) < 4.78 is 1.72. The second-order valence-corrected chi connectivity index (χ2v) is 6.33. The van der Waals surface area contributed by atoms with Crippen LogP contribution in [0.25, 0.3) is 0 Å². The SMILES string of the molecule is CC(C)=C1CC[C@@H](C)C[C@@H]1NC[C@H](O)c1cnn(C)c1. The number of aryl methyl sites for hydroxylation is 1. The summed E-state index contributed by atoms with van der Waals surface area (Å²) in [7, 11) is 1.87. The molecule has 0 aliphatic heterocycles. The normalized spacial score (nSPS) is 24.8. The molecule has 1 heterocycles. The first kappa shape index (κ1) is 15.3. The number of nitrogens with one attached hydrogen (secondary N) is 1. The van der Waals surface area contributed by atoms with E-state index in [1.807, 2.05) is 13.2 Å². The first-order valence-electron chi connectivity index (χ1n) is 7.53. The third kappa shape index (κ3) is 3.70. The maximum Gasteiger partial charge on any atom is 0.0944 e. The molecule has 2 rings (SSSR count). The number of hydrogen-bond donors (Lipinski definition) is 2. The van der Waals surface area contributed by atoms with Crippen LogP contribution < -0.4 is 5.32 Å². The van der Waals surface area contributed by atoms with Crippen molar-refractivity contribution in [3.8, 4) is 0 Å². The highest BCUT2D eigenvalue weighted by atomic mass is 16.3. The Morgan fingerprint density at radius 1 is 1.55 bits per heavy atom. The summed E-state index contributed by atoms with van der Waals surface area (Å²) in [5.41, 5.74) is 3.83. The molecule has 1 aromatic rings. The van der Waals surface area contributed by atoms with E-state index in [2.05, 4.69) is 31.2 Å². The second-order valence-electron chi connectivity index (χ2n) is 6.33. The summed E-state index contributed by atoms with van der Waals surface area (Å²) in [6, 6.07) is 0.412. The Bertz CT molecular complexity index is 474. The molecular formula is C16H27N3O. The van der Waals surface area contributed by atoms with Crippen molar-refractivity contribution in [3.63, 3.8) is 0 Å². The summed E-state index contributed by atoms with van der Waals surface area (Å²) in [5.74, 6) is 0.756. The van der Waals surface area contributed by atoms with Crippen LogP contribution in [0.3, 0.4) is 0 Å². The topological polar surface area (TPSA) is 50.1 Å². The summed E-state index contributed by atoms with van der Waals surface area (Å²) in [6.07, 6.45) is 6.75. The van der Waals surface area contributed by atoms with Crippen LogP contribution in [-0.4, -0.2) is 27.5 Å². The van der Waals surface area contributed by atoms with Crippen LogP contribution >= 0.6 is 0 Å². The molecule has 0 bridgehead atoms. The second kappa shape index (κ2) is 6.55. The van der Waals surface area contributed by atoms with Crippen molar-refractivity contribution in [1.82, 2.24) is 15.1 Å². The van der Waals surface area contributed by atoms with E-state index in [0.717, 1.165) is 11.5 Å². The molecule has 0 radical (unpaired) electrons. The summed E-state index contributed by atoms with van der Waals surface area (Å²) in [4.78, 5) is 0. The predicted octanol–water partition coefficient (Wildman–Crippen LogP) is 2.57. The molecule has 0 aromatic carbocycles. The number of aliphatic hydroxyl groups excluding tert-OH is 1. The smallest absolute Gasteiger partial charge is 0.0944 e. The molecule has 1 aromatic heterocycles. The summed E-state index contributed by atoms with van der Waals surface area (Å²) in [6.45, 7) is 7.28. The minimum absolute atomic E-state index is 0.412. The van der Waals surface area contributed by atoms with Crippen LogP contribution in [0.4, 0.5) is 0 Å². The maximum atomic E-state index is 10.2. The van der Waals surface area contributed by atoms with Crippen LogP contribution in [0.2, 0.25) is 0 Å². The van der Waals surface area contributed by atoms with Crippen LogP contribution in [0.15, 0.2) is 23.5 Å². The van der Waals surface area contributed by atoms with Gasteiger partial charge in [0.05, 0.1) is 12.3 Å². The fourth-order valence-corrected chi connectivity index (χ4v) is 3.03. The standard InChI is InChI=1S/C16H27N3O/c1-11(2)14-6-5-12(3)7-15(14)17-9-16(20)13-8-18-19(4)10-13/h8,10,12,15-17,20H,5-7,9H2,1-4H3/t12-,15+,16+/m1/s1. The van der Waals surface area contributed by atoms with Gasteiger partial charge in [-0.15, -0.1) is 0 Å². The summed E-state index contributed by atoms with van der Waals surface area (Å²) in [5, 5.41) is 17.9. The molecule has 2 N–H and O–H groups in total. The molecule has 0 spiro atoms. The van der Waals surface area contributed by atoms with Crippen molar-refractivity contribution >= 4 is 0 Å². The van der Waals surface area contributed by atoms with Gasteiger partial charge in [0, 0.05) is 31.4 Å². The van der Waals surface area contributed by atoms with Crippen molar-refractivity contribution in [2.75, 3.05) is 6.54 Å². The van der Waals surface area contributed by atoms with E-state index in [1.165, 1.54) is 30.4 Å². The fourth-order valence-electron chi connectivity index (χ4n) is 3.03. The molecule has 3 atom stereocenters. The Morgan fingerprint density at radius 2 is 2.30 bits per heavy atom. The Kier molecular flexibility index (Phi) is 5.00. The Hall–Kier alpha value is -1.13. The van der Waals surface area contributed by atoms with E-state index in [9.17, 15) is 5.11 Å². The number of rotatable bonds is 4. The number of hydrogen-bond acceptors (Lipinski definition) is 3. The number of allylic oxidation sites excluding steroid dienone is 1. The van der Waals surface area contributed by atoms with E-state index in [0.29, 0.717) is 12.6 Å². The van der Waals surface area contributed by atoms with Gasteiger partial charge in [0.15, 0.2) is 0 Å². The lowest BCUT2D eigenvalue weighted by molar-refractivity contribution is 0.167. The third-order valence-electron chi connectivity index (χ3n) is 4.27. The zero-order chi connectivity index (χ0) is 14.7. The largest absolute Gasteiger partial charge is 0.387 e. The van der Waals surface area contributed by atoms with Gasteiger partial charge in [-0.2, -0.15) is 5.10 Å². The van der Waals surface area contributed by atoms with Gasteiger partial charge in [0.1, 0.15) is 0 Å². The molecule has 4 nitrogen and oxygen atoms in total. The minimum Gasteiger partial charge on any atom is -0.387 e. The van der Waals surface area contributed by atoms with Gasteiger partial charge < -0.3 is 10.4 Å². The zero-order valence-electron chi connectivity index (χ0n) is 13.1. The molecule has 112 valence electrons. The molecule has 0 saturated heterocycles. The lowest BCUT2D eigenvalue weighted by atomic mass is 9.81. The van der Waals surface area contributed by atoms with Crippen molar-refractivity contribution in [2.24, 2.45) is 13.0 Å². The van der Waals surface area contributed by atoms with Gasteiger partial charge >= 0.3 is 0 Å². The quantitative estimate of drug-likeness (QED) is 0.832. The first-order valence-corrected chi connectivity index (χ1v) is 7.53. The molecule has 1 aliphatic carbocycles. The maximum absolute atomic E-state index is 10.2. The lowest BCUT2D eigenvalue weighted by Crippen LogP contribution is -2.38. The highest BCUT2D eigenvalue weighted by molar-refractivity contribution is 5.19. The van der Waals surface area contributed by atoms with Gasteiger partial charge in [-0.25, -0.2) is 0 Å². The van der Waals surface area contributed by atoms with Gasteiger partial charge in [0.25, 0.3) is 0 Å². The average molecular weight is 277 g/mol. The van der Waals surface area contributed by atoms with Crippen molar-refractivity contribution in [2.45, 2.75) is 52.2 Å². The Balaban J connectivity index is 1.95. The summed E-state index contributed by atoms with van der Waals surface area (Å²) >= 11 is 0. The zero-order valence-corrected chi connectivity index (χ0v) is 13.1. The molecule has 20 heavy (non-hydrogen) atoms. The van der Waals surface area contributed by atoms with E-state index < -0.39 is 6.10 Å². The molecule has 0 unspecified atom stereocenters. The first-order chi connectivity index (χ1) is 9.47. The Morgan fingerprint density at radius 3 is 2.90 bits per heavy atom. The van der Waals surface area contributed by atoms with Crippen molar-refractivity contribution in [1.29, 1.82) is 0 Å². The molecule has 1 aliphatic rings. The fraction of sp³-hybridized carbons (Fsp3) is 0.688. The molecule has 4 heteroatoms. The van der Waals surface area contributed by atoms with Crippen LogP contribution in [0.5, 0.6) is 0 Å². The van der Waals surface area contributed by atoms with Gasteiger partial charge in [0.2, 0.25) is 0 Å². The van der Waals surface area contributed by atoms with E-state index in [1.54, 1.807) is 10.9 Å². The number of nitrogens with zero attached hydrogens (tertiary/aromatic N) is 2. The highest BCUT2D eigenvalue weighted by Crippen LogP contribution is 2.30. The predicted molar refractivity (Wildman–Crippen MR) is 81.3 cm³/mol.